The van der Waals surface area contributed by atoms with Crippen molar-refractivity contribution in [2.24, 2.45) is 0 Å². The maximum absolute atomic E-state index is 11.3. The summed E-state index contributed by atoms with van der Waals surface area (Å²) in [5.74, 6) is -1.10. The first-order chi connectivity index (χ1) is 8.31. The Morgan fingerprint density at radius 3 is 2.39 bits per heavy atom. The molecule has 18 heavy (non-hydrogen) atoms. The zero-order valence-corrected chi connectivity index (χ0v) is 10.8. The normalized spacial score (nSPS) is 11.1. The summed E-state index contributed by atoms with van der Waals surface area (Å²) in [6.45, 7) is 8.63. The van der Waals surface area contributed by atoms with E-state index in [1.165, 1.54) is 11.0 Å². The lowest BCUT2D eigenvalue weighted by Crippen LogP contribution is -2.27. The number of aliphatic carboxylic acids is 1. The molecule has 100 valence electrons. The fraction of sp³-hybridized carbons (Fsp3) is 0.333. The largest absolute Gasteiger partial charge is 0.477 e. The number of hydrogen-bond donors (Lipinski definition) is 2. The average Bonchev–Trinajstić information content (AvgIpc) is 2.25. The molecule has 0 rings (SSSR count). The number of alkyl carbamates (subject to hydrolysis) is 1. The van der Waals surface area contributed by atoms with Crippen LogP contribution < -0.4 is 5.32 Å². The molecule has 0 unspecified atom stereocenters. The molecule has 0 aliphatic carbocycles. The van der Waals surface area contributed by atoms with Crippen molar-refractivity contribution in [2.75, 3.05) is 20.7 Å². The van der Waals surface area contributed by atoms with Crippen molar-refractivity contribution in [2.45, 2.75) is 6.92 Å². The van der Waals surface area contributed by atoms with Gasteiger partial charge >= 0.3 is 12.1 Å². The van der Waals surface area contributed by atoms with Gasteiger partial charge in [-0.2, -0.15) is 0 Å². The second kappa shape index (κ2) is 7.16. The number of carbonyl (C=O) groups excluding carboxylic acids is 1. The monoisotopic (exact) mass is 254 g/mol. The van der Waals surface area contributed by atoms with Gasteiger partial charge in [-0.3, -0.25) is 5.32 Å². The summed E-state index contributed by atoms with van der Waals surface area (Å²) in [4.78, 5) is 23.7. The zero-order valence-electron chi connectivity index (χ0n) is 10.8. The molecule has 0 bridgehead atoms. The molecule has 0 radical (unpaired) electrons. The standard InChI is InChI=1S/C12H18N2O4/c1-6-7-18-12(17)13-9(3)8(2)10(11(15)16)14(4)5/h6H,1,3,7H2,2,4-5H3,(H,13,17)(H,15,16)/b10-8-. The predicted molar refractivity (Wildman–Crippen MR) is 67.8 cm³/mol. The van der Waals surface area contributed by atoms with Gasteiger partial charge in [0.25, 0.3) is 0 Å². The molecule has 0 saturated heterocycles. The number of carboxylic acids is 1. The van der Waals surface area contributed by atoms with E-state index in [0.29, 0.717) is 5.57 Å². The van der Waals surface area contributed by atoms with Crippen LogP contribution in [-0.4, -0.2) is 42.8 Å². The molecule has 0 spiro atoms. The number of allylic oxidation sites excluding steroid dienone is 1. The number of likely N-dealkylation sites (N-methyl/N-ethyl adjacent to an activating group) is 1. The highest BCUT2D eigenvalue weighted by molar-refractivity contribution is 5.88. The van der Waals surface area contributed by atoms with Crippen molar-refractivity contribution < 1.29 is 19.4 Å². The lowest BCUT2D eigenvalue weighted by atomic mass is 10.1. The maximum Gasteiger partial charge on any atom is 0.411 e. The highest BCUT2D eigenvalue weighted by atomic mass is 16.5. The second-order valence-electron chi connectivity index (χ2n) is 3.66. The Labute approximate surface area is 106 Å². The lowest BCUT2D eigenvalue weighted by molar-refractivity contribution is -0.134. The number of amides is 1. The van der Waals surface area contributed by atoms with Gasteiger partial charge < -0.3 is 14.7 Å². The van der Waals surface area contributed by atoms with Crippen molar-refractivity contribution >= 4 is 12.1 Å². The summed E-state index contributed by atoms with van der Waals surface area (Å²) in [6.07, 6.45) is 0.718. The van der Waals surface area contributed by atoms with Gasteiger partial charge in [0.2, 0.25) is 0 Å². The van der Waals surface area contributed by atoms with E-state index in [-0.39, 0.29) is 18.0 Å². The molecule has 1 amide bonds. The molecule has 0 fully saturated rings. The van der Waals surface area contributed by atoms with Crippen molar-refractivity contribution in [3.8, 4) is 0 Å². The second-order valence-corrected chi connectivity index (χ2v) is 3.66. The predicted octanol–water partition coefficient (Wildman–Crippen LogP) is 1.33. The molecule has 0 aromatic heterocycles. The van der Waals surface area contributed by atoms with Gasteiger partial charge in [-0.25, -0.2) is 9.59 Å². The van der Waals surface area contributed by atoms with Crippen LogP contribution in [0.3, 0.4) is 0 Å². The van der Waals surface area contributed by atoms with E-state index in [9.17, 15) is 9.59 Å². The van der Waals surface area contributed by atoms with Crippen molar-refractivity contribution in [1.29, 1.82) is 0 Å². The molecule has 0 heterocycles. The van der Waals surface area contributed by atoms with Crippen LogP contribution in [0.2, 0.25) is 0 Å². The van der Waals surface area contributed by atoms with Crippen LogP contribution in [0.1, 0.15) is 6.92 Å². The lowest BCUT2D eigenvalue weighted by Gasteiger charge is -2.18. The van der Waals surface area contributed by atoms with E-state index < -0.39 is 12.1 Å². The first kappa shape index (κ1) is 15.8. The summed E-state index contributed by atoms with van der Waals surface area (Å²) in [5.41, 5.74) is 0.572. The molecule has 0 saturated carbocycles. The topological polar surface area (TPSA) is 78.9 Å². The van der Waals surface area contributed by atoms with Crippen LogP contribution in [0, 0.1) is 0 Å². The first-order valence-electron chi connectivity index (χ1n) is 5.16. The third-order valence-corrected chi connectivity index (χ3v) is 2.04. The molecule has 0 aliphatic heterocycles. The Bertz CT molecular complexity index is 397. The van der Waals surface area contributed by atoms with Crippen LogP contribution in [-0.2, 0) is 9.53 Å². The van der Waals surface area contributed by atoms with E-state index in [4.69, 9.17) is 9.84 Å². The summed E-state index contributed by atoms with van der Waals surface area (Å²) in [6, 6.07) is 0. The number of nitrogens with one attached hydrogen (secondary N) is 1. The van der Waals surface area contributed by atoms with Gasteiger partial charge in [-0.05, 0) is 6.92 Å². The Morgan fingerprint density at radius 2 is 2.00 bits per heavy atom. The number of ether oxygens (including phenoxy) is 1. The fourth-order valence-corrected chi connectivity index (χ4v) is 1.22. The van der Waals surface area contributed by atoms with Gasteiger partial charge in [0, 0.05) is 25.4 Å². The number of hydrogen-bond acceptors (Lipinski definition) is 4. The van der Waals surface area contributed by atoms with Crippen LogP contribution in [0.5, 0.6) is 0 Å². The number of nitrogens with zero attached hydrogens (tertiary/aromatic N) is 1. The molecule has 2 N–H and O–H groups in total. The molecular formula is C12H18N2O4. The minimum atomic E-state index is -1.10. The molecule has 6 nitrogen and oxygen atoms in total. The SMILES string of the molecule is C=CCOC(=O)NC(=C)/C(C)=C(/C(=O)O)N(C)C. The van der Waals surface area contributed by atoms with Crippen LogP contribution in [0.4, 0.5) is 4.79 Å². The van der Waals surface area contributed by atoms with E-state index in [1.54, 1.807) is 21.0 Å². The average molecular weight is 254 g/mol. The third kappa shape index (κ3) is 4.73. The Morgan fingerprint density at radius 1 is 1.44 bits per heavy atom. The van der Waals surface area contributed by atoms with Crippen LogP contribution in [0.15, 0.2) is 36.2 Å². The third-order valence-electron chi connectivity index (χ3n) is 2.04. The Balaban J connectivity index is 4.86. The fourth-order valence-electron chi connectivity index (χ4n) is 1.22. The van der Waals surface area contributed by atoms with Crippen molar-refractivity contribution in [1.82, 2.24) is 10.2 Å². The van der Waals surface area contributed by atoms with Crippen LogP contribution in [0.25, 0.3) is 0 Å². The summed E-state index contributed by atoms with van der Waals surface area (Å²) >= 11 is 0. The Hall–Kier alpha value is -2.24. The van der Waals surface area contributed by atoms with Gasteiger partial charge in [-0.15, -0.1) is 0 Å². The van der Waals surface area contributed by atoms with Gasteiger partial charge in [0.05, 0.1) is 0 Å². The van der Waals surface area contributed by atoms with E-state index in [2.05, 4.69) is 18.5 Å². The van der Waals surface area contributed by atoms with Gasteiger partial charge in [0.15, 0.2) is 0 Å². The minimum Gasteiger partial charge on any atom is -0.477 e. The molecule has 0 atom stereocenters. The smallest absolute Gasteiger partial charge is 0.411 e. The molecule has 0 aromatic rings. The van der Waals surface area contributed by atoms with Gasteiger partial charge in [-0.1, -0.05) is 19.2 Å². The molecule has 0 aliphatic rings. The quantitative estimate of drug-likeness (QED) is 0.425. The van der Waals surface area contributed by atoms with Crippen molar-refractivity contribution in [3.63, 3.8) is 0 Å². The summed E-state index contributed by atoms with van der Waals surface area (Å²) < 4.78 is 4.70. The van der Waals surface area contributed by atoms with Crippen molar-refractivity contribution in [3.05, 3.63) is 36.2 Å². The number of carboxylic acid groups (broad SMARTS) is 1. The van der Waals surface area contributed by atoms with Crippen LogP contribution >= 0.6 is 0 Å². The highest BCUT2D eigenvalue weighted by Crippen LogP contribution is 2.13. The zero-order chi connectivity index (χ0) is 14.3. The summed E-state index contributed by atoms with van der Waals surface area (Å²) in [5, 5.41) is 11.4. The summed E-state index contributed by atoms with van der Waals surface area (Å²) in [7, 11) is 3.19. The van der Waals surface area contributed by atoms with E-state index in [1.807, 2.05) is 0 Å². The molecule has 0 aromatic carbocycles. The molecule has 6 heteroatoms. The number of rotatable bonds is 6. The van der Waals surface area contributed by atoms with Gasteiger partial charge in [0.1, 0.15) is 12.3 Å². The van der Waals surface area contributed by atoms with E-state index >= 15 is 0 Å². The first-order valence-corrected chi connectivity index (χ1v) is 5.16. The highest BCUT2D eigenvalue weighted by Gasteiger charge is 2.16. The Kier molecular flexibility index (Phi) is 6.27. The minimum absolute atomic E-state index is 0.0454. The molecular weight excluding hydrogens is 236 g/mol. The number of carbonyl (C=O) groups is 2. The van der Waals surface area contributed by atoms with E-state index in [0.717, 1.165) is 0 Å². The maximum atomic E-state index is 11.3.